The summed E-state index contributed by atoms with van der Waals surface area (Å²) >= 11 is 0. The fourth-order valence-electron chi connectivity index (χ4n) is 5.21. The molecule has 0 saturated carbocycles. The van der Waals surface area contributed by atoms with Crippen LogP contribution in [0.1, 0.15) is 32.4 Å². The number of carbonyl (C=O) groups is 1. The summed E-state index contributed by atoms with van der Waals surface area (Å²) in [6.07, 6.45) is 4.78. The quantitative estimate of drug-likeness (QED) is 0.508. The molecule has 2 saturated heterocycles. The maximum atomic E-state index is 12.7. The second-order valence-corrected chi connectivity index (χ2v) is 12.3. The number of hydrogen-bond donors (Lipinski definition) is 1. The van der Waals surface area contributed by atoms with E-state index in [-0.39, 0.29) is 30.6 Å². The average molecular weight is 539 g/mol. The Hall–Kier alpha value is -3.15. The third-order valence-electron chi connectivity index (χ3n) is 6.93. The van der Waals surface area contributed by atoms with Gasteiger partial charge >= 0.3 is 0 Å². The number of anilines is 1. The number of rotatable bonds is 6. The van der Waals surface area contributed by atoms with Crippen LogP contribution in [-0.4, -0.2) is 84.3 Å². The molecular formula is C27H34N6O4S. The molecule has 2 aliphatic heterocycles. The zero-order valence-electron chi connectivity index (χ0n) is 22.0. The number of morpholine rings is 1. The van der Waals surface area contributed by atoms with E-state index in [9.17, 15) is 13.2 Å². The molecule has 0 bridgehead atoms. The Morgan fingerprint density at radius 3 is 2.61 bits per heavy atom. The number of pyridine rings is 3. The van der Waals surface area contributed by atoms with Gasteiger partial charge in [-0.3, -0.25) is 9.78 Å². The Bertz CT molecular complexity index is 1420. The standard InChI is InChI=1S/C27H34N6O4S/c1-18-15-32(16-19(2)37-18)26-8-4-7-23(31-26)24-10-9-20-14-28-22(12-25(20)30-24)13-27(34)29-21-6-5-11-33(17-21)38(3,35)36/h4,7-10,12,14,18-19,21H,5-6,11,13,15-17H2,1-3H3,(H,29,34)/t18-,19+,21-/m1/s1. The minimum absolute atomic E-state index is 0.0956. The SMILES string of the molecule is C[C@@H]1CN(c2cccc(-c3ccc4cnc(CC(=O)N[C@@H]5CCCN(S(C)(=O)=O)C5)cc4n3)n2)C[C@H](C)O1. The number of nitrogens with one attached hydrogen (secondary N) is 1. The molecule has 10 nitrogen and oxygen atoms in total. The number of aromatic nitrogens is 3. The van der Waals surface area contributed by atoms with E-state index < -0.39 is 10.0 Å². The van der Waals surface area contributed by atoms with Crippen molar-refractivity contribution in [3.63, 3.8) is 0 Å². The van der Waals surface area contributed by atoms with Crippen LogP contribution in [0.25, 0.3) is 22.3 Å². The molecule has 1 N–H and O–H groups in total. The first-order valence-corrected chi connectivity index (χ1v) is 14.9. The molecule has 2 aliphatic rings. The smallest absolute Gasteiger partial charge is 0.226 e. The molecule has 0 spiro atoms. The Morgan fingerprint density at radius 1 is 1.08 bits per heavy atom. The molecule has 1 amide bonds. The van der Waals surface area contributed by atoms with Gasteiger partial charge in [-0.1, -0.05) is 6.07 Å². The summed E-state index contributed by atoms with van der Waals surface area (Å²) in [7, 11) is -3.27. The lowest BCUT2D eigenvalue weighted by Crippen LogP contribution is -2.49. The third-order valence-corrected chi connectivity index (χ3v) is 8.20. The lowest BCUT2D eigenvalue weighted by atomic mass is 10.1. The van der Waals surface area contributed by atoms with Gasteiger partial charge in [-0.05, 0) is 57.0 Å². The zero-order valence-corrected chi connectivity index (χ0v) is 22.8. The molecule has 0 aliphatic carbocycles. The number of fused-ring (bicyclic) bond motifs is 1. The van der Waals surface area contributed by atoms with Gasteiger partial charge in [0.25, 0.3) is 0 Å². The van der Waals surface area contributed by atoms with Crippen LogP contribution >= 0.6 is 0 Å². The van der Waals surface area contributed by atoms with Gasteiger partial charge in [0.05, 0.1) is 47.5 Å². The minimum atomic E-state index is -3.27. The van der Waals surface area contributed by atoms with Crippen LogP contribution in [0.2, 0.25) is 0 Å². The maximum Gasteiger partial charge on any atom is 0.226 e. The van der Waals surface area contributed by atoms with Crippen molar-refractivity contribution in [1.29, 1.82) is 0 Å². The van der Waals surface area contributed by atoms with Crippen molar-refractivity contribution in [2.45, 2.75) is 51.4 Å². The Balaban J connectivity index is 1.30. The highest BCUT2D eigenvalue weighted by Gasteiger charge is 2.27. The second-order valence-electron chi connectivity index (χ2n) is 10.3. The average Bonchev–Trinajstić information content (AvgIpc) is 2.87. The number of piperidine rings is 1. The van der Waals surface area contributed by atoms with E-state index in [1.807, 2.05) is 36.4 Å². The van der Waals surface area contributed by atoms with Crippen LogP contribution in [0.15, 0.2) is 42.6 Å². The highest BCUT2D eigenvalue weighted by molar-refractivity contribution is 7.88. The first-order valence-electron chi connectivity index (χ1n) is 13.0. The van der Waals surface area contributed by atoms with Gasteiger partial charge in [0, 0.05) is 43.8 Å². The van der Waals surface area contributed by atoms with Crippen LogP contribution in [-0.2, 0) is 26.0 Å². The molecule has 3 atom stereocenters. The van der Waals surface area contributed by atoms with E-state index in [4.69, 9.17) is 14.7 Å². The first-order chi connectivity index (χ1) is 18.1. The molecule has 5 heterocycles. The molecule has 0 radical (unpaired) electrons. The van der Waals surface area contributed by atoms with Crippen LogP contribution in [0.4, 0.5) is 5.82 Å². The van der Waals surface area contributed by atoms with Crippen molar-refractivity contribution in [1.82, 2.24) is 24.6 Å². The van der Waals surface area contributed by atoms with Gasteiger partial charge in [0.1, 0.15) is 5.82 Å². The van der Waals surface area contributed by atoms with Crippen LogP contribution in [0.3, 0.4) is 0 Å². The van der Waals surface area contributed by atoms with Gasteiger partial charge in [0.15, 0.2) is 0 Å². The largest absolute Gasteiger partial charge is 0.372 e. The molecule has 5 rings (SSSR count). The van der Waals surface area contributed by atoms with Gasteiger partial charge < -0.3 is 15.0 Å². The summed E-state index contributed by atoms with van der Waals surface area (Å²) in [6.45, 7) is 6.51. The van der Waals surface area contributed by atoms with E-state index in [0.717, 1.165) is 54.0 Å². The summed E-state index contributed by atoms with van der Waals surface area (Å²) < 4.78 is 31.0. The van der Waals surface area contributed by atoms with Gasteiger partial charge in [-0.2, -0.15) is 0 Å². The predicted molar refractivity (Wildman–Crippen MR) is 146 cm³/mol. The number of nitrogens with zero attached hydrogens (tertiary/aromatic N) is 5. The monoisotopic (exact) mass is 538 g/mol. The Morgan fingerprint density at radius 2 is 1.84 bits per heavy atom. The van der Waals surface area contributed by atoms with Crippen LogP contribution < -0.4 is 10.2 Å². The van der Waals surface area contributed by atoms with E-state index in [1.54, 1.807) is 6.20 Å². The van der Waals surface area contributed by atoms with E-state index in [2.05, 4.69) is 29.0 Å². The number of hydrogen-bond acceptors (Lipinski definition) is 8. The minimum Gasteiger partial charge on any atom is -0.372 e. The van der Waals surface area contributed by atoms with Gasteiger partial charge in [-0.25, -0.2) is 22.7 Å². The lowest BCUT2D eigenvalue weighted by molar-refractivity contribution is -0.121. The lowest BCUT2D eigenvalue weighted by Gasteiger charge is -2.36. The maximum absolute atomic E-state index is 12.7. The normalized spacial score (nSPS) is 22.9. The molecule has 0 aromatic carbocycles. The van der Waals surface area contributed by atoms with E-state index >= 15 is 0 Å². The molecule has 0 unspecified atom stereocenters. The first kappa shape index (κ1) is 26.5. The van der Waals surface area contributed by atoms with Crippen molar-refractivity contribution >= 4 is 32.7 Å². The zero-order chi connectivity index (χ0) is 26.9. The number of amides is 1. The highest BCUT2D eigenvalue weighted by atomic mass is 32.2. The fourth-order valence-corrected chi connectivity index (χ4v) is 6.12. The third kappa shape index (κ3) is 6.28. The second kappa shape index (κ2) is 10.9. The van der Waals surface area contributed by atoms with Gasteiger partial charge in [0.2, 0.25) is 15.9 Å². The topological polar surface area (TPSA) is 118 Å². The predicted octanol–water partition coefficient (Wildman–Crippen LogP) is 2.39. The molecule has 3 aromatic rings. The summed E-state index contributed by atoms with van der Waals surface area (Å²) in [5.41, 5.74) is 2.87. The Labute approximate surface area is 223 Å². The number of sulfonamides is 1. The van der Waals surface area contributed by atoms with Crippen molar-refractivity contribution in [2.24, 2.45) is 0 Å². The van der Waals surface area contributed by atoms with E-state index in [0.29, 0.717) is 18.8 Å². The molecule has 2 fully saturated rings. The molecule has 3 aromatic heterocycles. The highest BCUT2D eigenvalue weighted by Crippen LogP contribution is 2.24. The molecule has 202 valence electrons. The summed E-state index contributed by atoms with van der Waals surface area (Å²) in [5, 5.41) is 3.85. The van der Waals surface area contributed by atoms with Crippen molar-refractivity contribution < 1.29 is 17.9 Å². The Kier molecular flexibility index (Phi) is 7.60. The summed E-state index contributed by atoms with van der Waals surface area (Å²) in [4.78, 5) is 29.1. The van der Waals surface area contributed by atoms with Crippen molar-refractivity contribution in [2.75, 3.05) is 37.3 Å². The molecule has 11 heteroatoms. The van der Waals surface area contributed by atoms with Gasteiger partial charge in [-0.15, -0.1) is 0 Å². The summed E-state index contributed by atoms with van der Waals surface area (Å²) in [6, 6.07) is 11.5. The fraction of sp³-hybridized carbons (Fsp3) is 0.481. The molecular weight excluding hydrogens is 504 g/mol. The van der Waals surface area contributed by atoms with Crippen molar-refractivity contribution in [3.8, 4) is 11.4 Å². The number of ether oxygens (including phenoxy) is 1. The summed E-state index contributed by atoms with van der Waals surface area (Å²) in [5.74, 6) is 0.715. The number of carbonyl (C=O) groups excluding carboxylic acids is 1. The molecule has 38 heavy (non-hydrogen) atoms. The van der Waals surface area contributed by atoms with E-state index in [1.165, 1.54) is 10.6 Å². The van der Waals surface area contributed by atoms with Crippen LogP contribution in [0.5, 0.6) is 0 Å². The van der Waals surface area contributed by atoms with Crippen molar-refractivity contribution in [3.05, 3.63) is 48.3 Å². The van der Waals surface area contributed by atoms with Crippen LogP contribution in [0, 0.1) is 0 Å².